The van der Waals surface area contributed by atoms with Crippen LogP contribution in [0.3, 0.4) is 0 Å². The van der Waals surface area contributed by atoms with Crippen LogP contribution in [-0.2, 0) is 4.79 Å². The number of hydrogen-bond donors (Lipinski definition) is 0. The molecule has 0 saturated carbocycles. The summed E-state index contributed by atoms with van der Waals surface area (Å²) >= 11 is 1.43. The number of rotatable bonds is 1. The fraction of sp³-hybridized carbons (Fsp3) is 0.0556. The van der Waals surface area contributed by atoms with Crippen LogP contribution in [0.25, 0.3) is 21.4 Å². The number of carbonyl (C=O) groups is 1. The minimum Gasteiger partial charge on any atom is -0.311 e. The second-order valence-electron chi connectivity index (χ2n) is 5.23. The molecule has 0 fully saturated rings. The molecule has 23 heavy (non-hydrogen) atoms. The summed E-state index contributed by atoms with van der Waals surface area (Å²) in [7, 11) is 1.72. The number of carbonyl (C=O) groups excluding carboxylic acids is 1. The van der Waals surface area contributed by atoms with E-state index < -0.39 is 0 Å². The van der Waals surface area contributed by atoms with Gasteiger partial charge in [0.2, 0.25) is 0 Å². The summed E-state index contributed by atoms with van der Waals surface area (Å²) in [4.78, 5) is 18.8. The van der Waals surface area contributed by atoms with Gasteiger partial charge in [0.25, 0.3) is 5.91 Å². The lowest BCUT2D eigenvalue weighted by Gasteiger charge is -2.08. The van der Waals surface area contributed by atoms with Gasteiger partial charge in [0.1, 0.15) is 16.6 Å². The smallest absolute Gasteiger partial charge is 0.260 e. The molecule has 0 aliphatic carbocycles. The van der Waals surface area contributed by atoms with Gasteiger partial charge >= 0.3 is 0 Å². The van der Waals surface area contributed by atoms with Crippen molar-refractivity contribution in [2.45, 2.75) is 0 Å². The molecule has 0 radical (unpaired) electrons. The maximum Gasteiger partial charge on any atom is 0.260 e. The van der Waals surface area contributed by atoms with E-state index in [-0.39, 0.29) is 5.91 Å². The third-order valence-electron chi connectivity index (χ3n) is 3.92. The maximum atomic E-state index is 12.6. The Balaban J connectivity index is 2.00. The lowest BCUT2D eigenvalue weighted by atomic mass is 10.0. The van der Waals surface area contributed by atoms with Crippen molar-refractivity contribution in [1.29, 1.82) is 5.26 Å². The van der Waals surface area contributed by atoms with Gasteiger partial charge in [0.05, 0.1) is 21.5 Å². The summed E-state index contributed by atoms with van der Waals surface area (Å²) in [5.41, 5.74) is 3.22. The third kappa shape index (κ3) is 1.96. The van der Waals surface area contributed by atoms with Crippen molar-refractivity contribution >= 4 is 44.3 Å². The Bertz CT molecular complexity index is 993. The summed E-state index contributed by atoms with van der Waals surface area (Å²) < 4.78 is 1.00. The third-order valence-corrected chi connectivity index (χ3v) is 4.98. The number of benzene rings is 2. The number of aromatic nitrogens is 1. The van der Waals surface area contributed by atoms with Gasteiger partial charge in [-0.3, -0.25) is 4.79 Å². The molecular weight excluding hydrogens is 306 g/mol. The van der Waals surface area contributed by atoms with E-state index in [1.165, 1.54) is 11.3 Å². The predicted octanol–water partition coefficient (Wildman–Crippen LogP) is 3.71. The standard InChI is InChI=1S/C18H11N3OS/c1-21-14-8-4-2-6-11(14)16(18(21)22)12(10-19)17-20-13-7-3-5-9-15(13)23-17/h2-9H,1H3/b16-12+. The Morgan fingerprint density at radius 3 is 2.70 bits per heavy atom. The van der Waals surface area contributed by atoms with Crippen LogP contribution < -0.4 is 4.90 Å². The summed E-state index contributed by atoms with van der Waals surface area (Å²) in [5, 5.41) is 10.3. The van der Waals surface area contributed by atoms with Crippen molar-refractivity contribution in [3.05, 3.63) is 59.1 Å². The van der Waals surface area contributed by atoms with Crippen LogP contribution in [0.4, 0.5) is 5.69 Å². The molecule has 110 valence electrons. The van der Waals surface area contributed by atoms with E-state index in [1.54, 1.807) is 11.9 Å². The minimum absolute atomic E-state index is 0.165. The highest BCUT2D eigenvalue weighted by Crippen LogP contribution is 2.40. The molecule has 1 amide bonds. The van der Waals surface area contributed by atoms with Gasteiger partial charge in [-0.2, -0.15) is 5.26 Å². The van der Waals surface area contributed by atoms with Crippen LogP contribution >= 0.6 is 11.3 Å². The van der Waals surface area contributed by atoms with Crippen molar-refractivity contribution in [2.75, 3.05) is 11.9 Å². The fourth-order valence-corrected chi connectivity index (χ4v) is 3.77. The summed E-state index contributed by atoms with van der Waals surface area (Å²) in [5.74, 6) is -0.165. The minimum atomic E-state index is -0.165. The van der Waals surface area contributed by atoms with Crippen LogP contribution in [0.1, 0.15) is 10.6 Å². The summed E-state index contributed by atoms with van der Waals surface area (Å²) in [6.45, 7) is 0. The first-order chi connectivity index (χ1) is 11.2. The zero-order valence-corrected chi connectivity index (χ0v) is 13.1. The van der Waals surface area contributed by atoms with Crippen LogP contribution in [0.15, 0.2) is 48.5 Å². The Labute approximate surface area is 136 Å². The van der Waals surface area contributed by atoms with Gasteiger partial charge in [-0.1, -0.05) is 30.3 Å². The van der Waals surface area contributed by atoms with Crippen LogP contribution in [0.2, 0.25) is 0 Å². The van der Waals surface area contributed by atoms with Crippen molar-refractivity contribution in [2.24, 2.45) is 0 Å². The first-order valence-electron chi connectivity index (χ1n) is 7.08. The number of anilines is 1. The lowest BCUT2D eigenvalue weighted by Crippen LogP contribution is -2.20. The molecular formula is C18H11N3OS. The molecule has 4 rings (SSSR count). The highest BCUT2D eigenvalue weighted by molar-refractivity contribution is 7.19. The van der Waals surface area contributed by atoms with E-state index in [0.717, 1.165) is 21.5 Å². The number of amides is 1. The molecule has 0 atom stereocenters. The average molecular weight is 317 g/mol. The van der Waals surface area contributed by atoms with Gasteiger partial charge < -0.3 is 4.90 Å². The normalized spacial score (nSPS) is 15.7. The van der Waals surface area contributed by atoms with Gasteiger partial charge in [-0.05, 0) is 18.2 Å². The lowest BCUT2D eigenvalue weighted by molar-refractivity contribution is -0.112. The number of hydrogen-bond acceptors (Lipinski definition) is 4. The highest BCUT2D eigenvalue weighted by atomic mass is 32.1. The molecule has 2 aromatic carbocycles. The van der Waals surface area contributed by atoms with E-state index in [1.807, 2.05) is 48.5 Å². The molecule has 1 aliphatic rings. The van der Waals surface area contributed by atoms with Gasteiger partial charge in [-0.15, -0.1) is 11.3 Å². The largest absolute Gasteiger partial charge is 0.311 e. The SMILES string of the molecule is CN1C(=O)/C(=C(\C#N)c2nc3ccccc3s2)c2ccccc21. The molecule has 1 aromatic heterocycles. The first kappa shape index (κ1) is 13.7. The molecule has 5 heteroatoms. The quantitative estimate of drug-likeness (QED) is 0.508. The Morgan fingerprint density at radius 1 is 1.17 bits per heavy atom. The second-order valence-corrected chi connectivity index (χ2v) is 6.26. The molecule has 1 aliphatic heterocycles. The molecule has 0 bridgehead atoms. The van der Waals surface area contributed by atoms with E-state index in [4.69, 9.17) is 0 Å². The number of likely N-dealkylation sites (N-methyl/N-ethyl adjacent to an activating group) is 1. The maximum absolute atomic E-state index is 12.6. The van der Waals surface area contributed by atoms with E-state index in [9.17, 15) is 10.1 Å². The van der Waals surface area contributed by atoms with Crippen molar-refractivity contribution < 1.29 is 4.79 Å². The Morgan fingerprint density at radius 2 is 1.91 bits per heavy atom. The van der Waals surface area contributed by atoms with Gasteiger partial charge in [0.15, 0.2) is 0 Å². The van der Waals surface area contributed by atoms with Crippen LogP contribution in [0, 0.1) is 11.3 Å². The molecule has 0 saturated heterocycles. The zero-order valence-electron chi connectivity index (χ0n) is 12.3. The number of allylic oxidation sites excluding steroid dienone is 1. The second kappa shape index (κ2) is 5.04. The van der Waals surface area contributed by atoms with E-state index >= 15 is 0 Å². The number of para-hydroxylation sites is 2. The van der Waals surface area contributed by atoms with Crippen LogP contribution in [-0.4, -0.2) is 17.9 Å². The molecule has 4 nitrogen and oxygen atoms in total. The first-order valence-corrected chi connectivity index (χ1v) is 7.90. The average Bonchev–Trinajstić information content (AvgIpc) is 3.11. The fourth-order valence-electron chi connectivity index (χ4n) is 2.80. The van der Waals surface area contributed by atoms with Crippen molar-refractivity contribution in [3.63, 3.8) is 0 Å². The van der Waals surface area contributed by atoms with Gasteiger partial charge in [-0.25, -0.2) is 4.98 Å². The Hall–Kier alpha value is -2.97. The van der Waals surface area contributed by atoms with Crippen molar-refractivity contribution in [3.8, 4) is 6.07 Å². The van der Waals surface area contributed by atoms with E-state index in [2.05, 4.69) is 11.1 Å². The zero-order chi connectivity index (χ0) is 16.0. The number of nitrogens with zero attached hydrogens (tertiary/aromatic N) is 3. The molecule has 0 unspecified atom stereocenters. The number of thiazole rings is 1. The molecule has 2 heterocycles. The van der Waals surface area contributed by atoms with Gasteiger partial charge in [0, 0.05) is 12.6 Å². The molecule has 3 aromatic rings. The molecule has 0 spiro atoms. The summed E-state index contributed by atoms with van der Waals surface area (Å²) in [6.07, 6.45) is 0. The monoisotopic (exact) mass is 317 g/mol. The van der Waals surface area contributed by atoms with E-state index in [0.29, 0.717) is 16.2 Å². The topological polar surface area (TPSA) is 57.0 Å². The Kier molecular flexibility index (Phi) is 3.00. The number of fused-ring (bicyclic) bond motifs is 2. The number of nitriles is 1. The highest BCUT2D eigenvalue weighted by Gasteiger charge is 2.33. The summed E-state index contributed by atoms with van der Waals surface area (Å²) in [6, 6.07) is 17.4. The molecule has 0 N–H and O–H groups in total. The predicted molar refractivity (Wildman–Crippen MR) is 91.9 cm³/mol. The van der Waals surface area contributed by atoms with Crippen molar-refractivity contribution in [1.82, 2.24) is 4.98 Å². The van der Waals surface area contributed by atoms with Crippen LogP contribution in [0.5, 0.6) is 0 Å².